The van der Waals surface area contributed by atoms with Crippen molar-refractivity contribution in [2.45, 2.75) is 6.18 Å². The summed E-state index contributed by atoms with van der Waals surface area (Å²) in [6, 6.07) is 2.28. The summed E-state index contributed by atoms with van der Waals surface area (Å²) < 4.78 is 38.2. The molecule has 94 valence electrons. The number of nitrogens with zero attached hydrogens (tertiary/aromatic N) is 3. The molecule has 2 aromatic heterocycles. The lowest BCUT2D eigenvalue weighted by atomic mass is 10.2. The van der Waals surface area contributed by atoms with Gasteiger partial charge in [-0.2, -0.15) is 18.3 Å². The molecule has 2 heterocycles. The Kier molecular flexibility index (Phi) is 2.77. The molecule has 0 bridgehead atoms. The number of hydrogen-bond donors (Lipinski definition) is 2. The van der Waals surface area contributed by atoms with E-state index in [-0.39, 0.29) is 17.1 Å². The summed E-state index contributed by atoms with van der Waals surface area (Å²) >= 11 is 0. The van der Waals surface area contributed by atoms with E-state index in [0.717, 1.165) is 16.9 Å². The largest absolute Gasteiger partial charge is 0.435 e. The van der Waals surface area contributed by atoms with Crippen molar-refractivity contribution in [1.82, 2.24) is 14.8 Å². The first-order chi connectivity index (χ1) is 8.39. The van der Waals surface area contributed by atoms with Crippen LogP contribution in [0.15, 0.2) is 30.7 Å². The maximum atomic E-state index is 12.4. The molecule has 0 aliphatic heterocycles. The quantitative estimate of drug-likeness (QED) is 0.631. The number of nitrogens with one attached hydrogen (secondary N) is 1. The second kappa shape index (κ2) is 4.13. The van der Waals surface area contributed by atoms with Gasteiger partial charge in [0.1, 0.15) is 5.84 Å². The van der Waals surface area contributed by atoms with Gasteiger partial charge in [-0.1, -0.05) is 0 Å². The van der Waals surface area contributed by atoms with Crippen LogP contribution in [0.25, 0.3) is 5.69 Å². The molecular formula is C10H8F3N5. The van der Waals surface area contributed by atoms with E-state index >= 15 is 0 Å². The fraction of sp³-hybridized carbons (Fsp3) is 0.100. The lowest BCUT2D eigenvalue weighted by Crippen LogP contribution is -2.15. The van der Waals surface area contributed by atoms with E-state index < -0.39 is 11.9 Å². The summed E-state index contributed by atoms with van der Waals surface area (Å²) in [5.41, 5.74) is 4.81. The number of amidine groups is 1. The summed E-state index contributed by atoms with van der Waals surface area (Å²) in [5.74, 6) is -0.267. The Bertz CT molecular complexity index is 587. The molecule has 0 spiro atoms. The predicted octanol–water partition coefficient (Wildman–Crippen LogP) is 1.57. The van der Waals surface area contributed by atoms with Gasteiger partial charge in [-0.15, -0.1) is 0 Å². The van der Waals surface area contributed by atoms with Gasteiger partial charge in [0.05, 0.1) is 11.9 Å². The number of rotatable bonds is 2. The first-order valence-corrected chi connectivity index (χ1v) is 4.81. The van der Waals surface area contributed by atoms with Crippen molar-refractivity contribution < 1.29 is 13.2 Å². The van der Waals surface area contributed by atoms with Crippen molar-refractivity contribution in [1.29, 1.82) is 5.41 Å². The van der Waals surface area contributed by atoms with E-state index in [0.29, 0.717) is 0 Å². The van der Waals surface area contributed by atoms with Gasteiger partial charge in [-0.3, -0.25) is 10.4 Å². The van der Waals surface area contributed by atoms with Crippen LogP contribution in [0.1, 0.15) is 11.3 Å². The lowest BCUT2D eigenvalue weighted by molar-refractivity contribution is -0.141. The van der Waals surface area contributed by atoms with Crippen LogP contribution in [0.5, 0.6) is 0 Å². The molecule has 8 heteroatoms. The molecule has 5 nitrogen and oxygen atoms in total. The first-order valence-electron chi connectivity index (χ1n) is 4.81. The fourth-order valence-corrected chi connectivity index (χ4v) is 1.41. The highest BCUT2D eigenvalue weighted by Crippen LogP contribution is 2.28. The molecule has 0 aromatic carbocycles. The topological polar surface area (TPSA) is 80.6 Å². The Morgan fingerprint density at radius 1 is 1.33 bits per heavy atom. The summed E-state index contributed by atoms with van der Waals surface area (Å²) in [5, 5.41) is 10.7. The second-order valence-corrected chi connectivity index (χ2v) is 3.45. The van der Waals surface area contributed by atoms with Gasteiger partial charge < -0.3 is 5.73 Å². The lowest BCUT2D eigenvalue weighted by Gasteiger charge is -2.07. The fourth-order valence-electron chi connectivity index (χ4n) is 1.41. The van der Waals surface area contributed by atoms with Crippen molar-refractivity contribution in [3.05, 3.63) is 42.0 Å². The Morgan fingerprint density at radius 3 is 2.61 bits per heavy atom. The molecule has 3 N–H and O–H groups in total. The van der Waals surface area contributed by atoms with Gasteiger partial charge >= 0.3 is 6.18 Å². The molecule has 0 atom stereocenters. The van der Waals surface area contributed by atoms with Gasteiger partial charge in [0.2, 0.25) is 0 Å². The molecular weight excluding hydrogens is 247 g/mol. The summed E-state index contributed by atoms with van der Waals surface area (Å²) in [4.78, 5) is 3.78. The Balaban J connectivity index is 2.50. The number of nitrogen functional groups attached to an aromatic ring is 1. The minimum absolute atomic E-state index is 0.223. The van der Waals surface area contributed by atoms with Gasteiger partial charge in [0, 0.05) is 18.0 Å². The smallest absolute Gasteiger partial charge is 0.384 e. The highest BCUT2D eigenvalue weighted by atomic mass is 19.4. The highest BCUT2D eigenvalue weighted by molar-refractivity contribution is 5.98. The average molecular weight is 255 g/mol. The Morgan fingerprint density at radius 2 is 2.06 bits per heavy atom. The van der Waals surface area contributed by atoms with E-state index in [1.165, 1.54) is 18.5 Å². The predicted molar refractivity (Wildman–Crippen MR) is 57.4 cm³/mol. The molecule has 0 saturated heterocycles. The molecule has 0 aliphatic carbocycles. The highest BCUT2D eigenvalue weighted by Gasteiger charge is 2.33. The van der Waals surface area contributed by atoms with E-state index in [2.05, 4.69) is 10.1 Å². The number of aromatic nitrogens is 3. The normalized spacial score (nSPS) is 11.5. The molecule has 0 aliphatic rings. The third kappa shape index (κ3) is 2.17. The molecule has 18 heavy (non-hydrogen) atoms. The maximum Gasteiger partial charge on any atom is 0.435 e. The molecule has 0 unspecified atom stereocenters. The molecule has 2 aromatic rings. The second-order valence-electron chi connectivity index (χ2n) is 3.45. The Labute approximate surface area is 99.6 Å². The van der Waals surface area contributed by atoms with Crippen LogP contribution in [0.4, 0.5) is 13.2 Å². The average Bonchev–Trinajstić information content (AvgIpc) is 2.77. The zero-order valence-corrected chi connectivity index (χ0v) is 8.94. The monoisotopic (exact) mass is 255 g/mol. The van der Waals surface area contributed by atoms with Crippen molar-refractivity contribution in [3.8, 4) is 5.69 Å². The van der Waals surface area contributed by atoms with Crippen LogP contribution in [0, 0.1) is 5.41 Å². The standard InChI is InChI=1S/C10H8F3N5/c11-10(12,13)8-2-4-18(17-8)7-5-16-3-1-6(7)9(14)15/h1-5H,(H3,14,15). The number of alkyl halides is 3. The van der Waals surface area contributed by atoms with Crippen LogP contribution >= 0.6 is 0 Å². The zero-order chi connectivity index (χ0) is 13.3. The van der Waals surface area contributed by atoms with E-state index in [1.807, 2.05) is 0 Å². The summed E-state index contributed by atoms with van der Waals surface area (Å²) in [7, 11) is 0. The first kappa shape index (κ1) is 12.1. The number of halogens is 3. The third-order valence-corrected chi connectivity index (χ3v) is 2.22. The molecule has 0 amide bonds. The molecule has 0 saturated carbocycles. The number of pyridine rings is 1. The Hall–Kier alpha value is -2.38. The van der Waals surface area contributed by atoms with Crippen molar-refractivity contribution in [2.75, 3.05) is 0 Å². The van der Waals surface area contributed by atoms with Gasteiger partial charge in [0.25, 0.3) is 0 Å². The minimum atomic E-state index is -4.51. The van der Waals surface area contributed by atoms with Gasteiger partial charge in [-0.05, 0) is 12.1 Å². The van der Waals surface area contributed by atoms with E-state index in [1.54, 1.807) is 0 Å². The zero-order valence-electron chi connectivity index (χ0n) is 8.94. The van der Waals surface area contributed by atoms with Crippen LogP contribution in [-0.4, -0.2) is 20.6 Å². The van der Waals surface area contributed by atoms with Crippen molar-refractivity contribution >= 4 is 5.84 Å². The molecule has 0 fully saturated rings. The van der Waals surface area contributed by atoms with Crippen molar-refractivity contribution in [2.24, 2.45) is 5.73 Å². The maximum absolute atomic E-state index is 12.4. The number of hydrogen-bond acceptors (Lipinski definition) is 3. The van der Waals surface area contributed by atoms with Gasteiger partial charge in [-0.25, -0.2) is 4.68 Å². The van der Waals surface area contributed by atoms with Crippen LogP contribution < -0.4 is 5.73 Å². The number of nitrogens with two attached hydrogens (primary N) is 1. The van der Waals surface area contributed by atoms with Crippen LogP contribution in [0.3, 0.4) is 0 Å². The summed E-state index contributed by atoms with van der Waals surface area (Å²) in [6.45, 7) is 0. The van der Waals surface area contributed by atoms with Crippen LogP contribution in [0.2, 0.25) is 0 Å². The third-order valence-electron chi connectivity index (χ3n) is 2.22. The summed E-state index contributed by atoms with van der Waals surface area (Å²) in [6.07, 6.45) is -0.672. The molecule has 2 rings (SSSR count). The van der Waals surface area contributed by atoms with E-state index in [4.69, 9.17) is 11.1 Å². The van der Waals surface area contributed by atoms with Crippen LogP contribution in [-0.2, 0) is 6.18 Å². The SMILES string of the molecule is N=C(N)c1ccncc1-n1ccc(C(F)(F)F)n1. The molecule has 0 radical (unpaired) electrons. The minimum Gasteiger partial charge on any atom is -0.384 e. The van der Waals surface area contributed by atoms with Gasteiger partial charge in [0.15, 0.2) is 5.69 Å². The van der Waals surface area contributed by atoms with Crippen molar-refractivity contribution in [3.63, 3.8) is 0 Å². The van der Waals surface area contributed by atoms with E-state index in [9.17, 15) is 13.2 Å².